The van der Waals surface area contributed by atoms with Crippen molar-refractivity contribution in [3.05, 3.63) is 41.3 Å². The summed E-state index contributed by atoms with van der Waals surface area (Å²) >= 11 is 0. The van der Waals surface area contributed by atoms with Gasteiger partial charge in [0, 0.05) is 0 Å². The van der Waals surface area contributed by atoms with E-state index < -0.39 is 0 Å². The number of rotatable bonds is 5. The molecule has 1 aromatic carbocycles. The van der Waals surface area contributed by atoms with Crippen LogP contribution in [-0.2, 0) is 19.3 Å². The molecule has 1 heterocycles. The number of anilines is 1. The molecule has 4 heteroatoms. The molecule has 18 heavy (non-hydrogen) atoms. The lowest BCUT2D eigenvalue weighted by Crippen LogP contribution is -1.96. The number of hydrogen-bond donors (Lipinski definition) is 1. The van der Waals surface area contributed by atoms with Crippen LogP contribution in [0.15, 0.2) is 28.9 Å². The highest BCUT2D eigenvalue weighted by Gasteiger charge is 2.05. The van der Waals surface area contributed by atoms with Gasteiger partial charge in [0.1, 0.15) is 12.0 Å². The summed E-state index contributed by atoms with van der Waals surface area (Å²) in [6.07, 6.45) is 4.33. The lowest BCUT2D eigenvalue weighted by atomic mass is 10.0. The molecule has 2 aromatic rings. The lowest BCUT2D eigenvalue weighted by molar-refractivity contribution is 0.410. The summed E-state index contributed by atoms with van der Waals surface area (Å²) in [5.41, 5.74) is 8.83. The first kappa shape index (κ1) is 12.5. The van der Waals surface area contributed by atoms with E-state index in [1.807, 2.05) is 6.07 Å². The SMILES string of the molecule is CCc1cc(CCc2coc(N)n2)ccc1OC. The summed E-state index contributed by atoms with van der Waals surface area (Å²) in [4.78, 5) is 4.09. The van der Waals surface area contributed by atoms with Crippen molar-refractivity contribution >= 4 is 6.01 Å². The third-order valence-electron chi connectivity index (χ3n) is 2.97. The second-order valence-corrected chi connectivity index (χ2v) is 4.18. The molecule has 96 valence electrons. The van der Waals surface area contributed by atoms with E-state index in [4.69, 9.17) is 14.9 Å². The molecular weight excluding hydrogens is 228 g/mol. The first-order valence-corrected chi connectivity index (χ1v) is 6.08. The molecule has 0 atom stereocenters. The minimum absolute atomic E-state index is 0.231. The maximum Gasteiger partial charge on any atom is 0.292 e. The molecule has 2 N–H and O–H groups in total. The van der Waals surface area contributed by atoms with Crippen molar-refractivity contribution < 1.29 is 9.15 Å². The molecule has 0 spiro atoms. The molecule has 1 aromatic heterocycles. The van der Waals surface area contributed by atoms with Crippen LogP contribution in [0.4, 0.5) is 6.01 Å². The number of benzene rings is 1. The molecule has 0 amide bonds. The lowest BCUT2D eigenvalue weighted by Gasteiger charge is -2.08. The number of nitrogen functional groups attached to an aromatic ring is 1. The third kappa shape index (κ3) is 2.83. The van der Waals surface area contributed by atoms with E-state index in [9.17, 15) is 0 Å². The van der Waals surface area contributed by atoms with E-state index in [1.54, 1.807) is 13.4 Å². The summed E-state index contributed by atoms with van der Waals surface area (Å²) in [5.74, 6) is 0.951. The zero-order valence-electron chi connectivity index (χ0n) is 10.8. The minimum Gasteiger partial charge on any atom is -0.496 e. The van der Waals surface area contributed by atoms with E-state index in [0.717, 1.165) is 30.7 Å². The van der Waals surface area contributed by atoms with Crippen LogP contribution in [0.3, 0.4) is 0 Å². The standard InChI is InChI=1S/C14H18N2O2/c1-3-11-8-10(5-7-13(11)17-2)4-6-12-9-18-14(15)16-12/h5,7-9H,3-4,6H2,1-2H3,(H2,15,16). The third-order valence-corrected chi connectivity index (χ3v) is 2.97. The smallest absolute Gasteiger partial charge is 0.292 e. The van der Waals surface area contributed by atoms with E-state index in [2.05, 4.69) is 24.0 Å². The number of oxazole rings is 1. The summed E-state index contributed by atoms with van der Waals surface area (Å²) in [6, 6.07) is 6.52. The summed E-state index contributed by atoms with van der Waals surface area (Å²) < 4.78 is 10.3. The van der Waals surface area contributed by atoms with Crippen LogP contribution in [-0.4, -0.2) is 12.1 Å². The van der Waals surface area contributed by atoms with Gasteiger partial charge in [-0.15, -0.1) is 0 Å². The van der Waals surface area contributed by atoms with Gasteiger partial charge in [-0.05, 0) is 36.5 Å². The summed E-state index contributed by atoms with van der Waals surface area (Å²) in [6.45, 7) is 2.12. The Morgan fingerprint density at radius 1 is 1.33 bits per heavy atom. The van der Waals surface area contributed by atoms with Crippen molar-refractivity contribution in [1.82, 2.24) is 4.98 Å². The Kier molecular flexibility index (Phi) is 3.87. The van der Waals surface area contributed by atoms with Gasteiger partial charge in [-0.1, -0.05) is 19.1 Å². The molecule has 0 radical (unpaired) electrons. The Hall–Kier alpha value is -1.97. The van der Waals surface area contributed by atoms with Crippen molar-refractivity contribution in [2.75, 3.05) is 12.8 Å². The van der Waals surface area contributed by atoms with Gasteiger partial charge in [0.2, 0.25) is 0 Å². The average Bonchev–Trinajstić information content (AvgIpc) is 2.81. The quantitative estimate of drug-likeness (QED) is 0.881. The molecule has 0 saturated heterocycles. The van der Waals surface area contributed by atoms with Crippen LogP contribution in [0.5, 0.6) is 5.75 Å². The topological polar surface area (TPSA) is 61.3 Å². The van der Waals surface area contributed by atoms with E-state index >= 15 is 0 Å². The molecular formula is C14H18N2O2. The Morgan fingerprint density at radius 3 is 2.78 bits per heavy atom. The van der Waals surface area contributed by atoms with Gasteiger partial charge in [0.05, 0.1) is 12.8 Å². The van der Waals surface area contributed by atoms with E-state index in [-0.39, 0.29) is 6.01 Å². The van der Waals surface area contributed by atoms with Crippen molar-refractivity contribution in [1.29, 1.82) is 0 Å². The largest absolute Gasteiger partial charge is 0.496 e. The van der Waals surface area contributed by atoms with Crippen LogP contribution < -0.4 is 10.5 Å². The number of aromatic nitrogens is 1. The number of hydrogen-bond acceptors (Lipinski definition) is 4. The Labute approximate surface area is 107 Å². The second kappa shape index (κ2) is 5.58. The summed E-state index contributed by atoms with van der Waals surface area (Å²) in [7, 11) is 1.70. The van der Waals surface area contributed by atoms with Gasteiger partial charge in [-0.25, -0.2) is 0 Å². The molecule has 0 saturated carbocycles. The predicted molar refractivity (Wildman–Crippen MR) is 70.7 cm³/mol. The van der Waals surface area contributed by atoms with Gasteiger partial charge >= 0.3 is 0 Å². The van der Waals surface area contributed by atoms with Gasteiger partial charge < -0.3 is 14.9 Å². The zero-order chi connectivity index (χ0) is 13.0. The van der Waals surface area contributed by atoms with Gasteiger partial charge in [-0.3, -0.25) is 0 Å². The van der Waals surface area contributed by atoms with Crippen molar-refractivity contribution in [2.24, 2.45) is 0 Å². The van der Waals surface area contributed by atoms with Gasteiger partial charge in [0.25, 0.3) is 6.01 Å². The van der Waals surface area contributed by atoms with Crippen molar-refractivity contribution in [2.45, 2.75) is 26.2 Å². The first-order valence-electron chi connectivity index (χ1n) is 6.08. The summed E-state index contributed by atoms with van der Waals surface area (Å²) in [5, 5.41) is 0. The fourth-order valence-electron chi connectivity index (χ4n) is 1.97. The van der Waals surface area contributed by atoms with Crippen LogP contribution in [0.1, 0.15) is 23.7 Å². The first-order chi connectivity index (χ1) is 8.72. The van der Waals surface area contributed by atoms with E-state index in [0.29, 0.717) is 0 Å². The molecule has 0 unspecified atom stereocenters. The normalized spacial score (nSPS) is 10.6. The minimum atomic E-state index is 0.231. The fourth-order valence-corrected chi connectivity index (χ4v) is 1.97. The number of aryl methyl sites for hydroxylation is 3. The highest BCUT2D eigenvalue weighted by Crippen LogP contribution is 2.21. The predicted octanol–water partition coefficient (Wildman–Crippen LogP) is 2.61. The molecule has 2 rings (SSSR count). The molecule has 0 aliphatic rings. The van der Waals surface area contributed by atoms with Crippen LogP contribution in [0.2, 0.25) is 0 Å². The monoisotopic (exact) mass is 246 g/mol. The van der Waals surface area contributed by atoms with E-state index in [1.165, 1.54) is 11.1 Å². The van der Waals surface area contributed by atoms with Crippen molar-refractivity contribution in [3.63, 3.8) is 0 Å². The number of methoxy groups -OCH3 is 1. The molecule has 4 nitrogen and oxygen atoms in total. The fraction of sp³-hybridized carbons (Fsp3) is 0.357. The Morgan fingerprint density at radius 2 is 2.17 bits per heavy atom. The Balaban J connectivity index is 2.05. The molecule has 0 aliphatic heterocycles. The van der Waals surface area contributed by atoms with Crippen LogP contribution >= 0.6 is 0 Å². The molecule has 0 aliphatic carbocycles. The highest BCUT2D eigenvalue weighted by molar-refractivity contribution is 5.37. The number of ether oxygens (including phenoxy) is 1. The molecule has 0 fully saturated rings. The number of nitrogens with zero attached hydrogens (tertiary/aromatic N) is 1. The van der Waals surface area contributed by atoms with Gasteiger partial charge in [-0.2, -0.15) is 4.98 Å². The maximum absolute atomic E-state index is 5.44. The molecule has 0 bridgehead atoms. The van der Waals surface area contributed by atoms with Crippen LogP contribution in [0.25, 0.3) is 0 Å². The van der Waals surface area contributed by atoms with Gasteiger partial charge in [0.15, 0.2) is 0 Å². The average molecular weight is 246 g/mol. The number of nitrogens with two attached hydrogens (primary N) is 1. The second-order valence-electron chi connectivity index (χ2n) is 4.18. The van der Waals surface area contributed by atoms with Crippen LogP contribution in [0, 0.1) is 0 Å². The maximum atomic E-state index is 5.44. The zero-order valence-corrected chi connectivity index (χ0v) is 10.8. The highest BCUT2D eigenvalue weighted by atomic mass is 16.5. The Bertz CT molecular complexity index is 520. The van der Waals surface area contributed by atoms with Crippen molar-refractivity contribution in [3.8, 4) is 5.75 Å².